The molecule has 2 aromatic heterocycles. The van der Waals surface area contributed by atoms with Crippen LogP contribution in [0.15, 0.2) is 113 Å². The quantitative estimate of drug-likeness (QED) is 0.290. The van der Waals surface area contributed by atoms with E-state index in [0.29, 0.717) is 0 Å². The molecule has 0 bridgehead atoms. The van der Waals surface area contributed by atoms with E-state index < -0.39 is 0 Å². The van der Waals surface area contributed by atoms with Gasteiger partial charge in [0.2, 0.25) is 0 Å². The molecule has 1 aliphatic rings. The second-order valence-corrected chi connectivity index (χ2v) is 8.34. The highest BCUT2D eigenvalue weighted by atomic mass is 32.2. The monoisotopic (exact) mass is 408 g/mol. The molecule has 0 amide bonds. The van der Waals surface area contributed by atoms with Gasteiger partial charge in [0.1, 0.15) is 11.6 Å². The number of aromatic nitrogens is 1. The Labute approximate surface area is 178 Å². The Morgan fingerprint density at radius 3 is 2.00 bits per heavy atom. The lowest BCUT2D eigenvalue weighted by Gasteiger charge is -2.33. The number of anilines is 3. The highest BCUT2D eigenvalue weighted by molar-refractivity contribution is 7.99. The molecule has 0 saturated carbocycles. The molecule has 4 heteroatoms. The van der Waals surface area contributed by atoms with Crippen molar-refractivity contribution >= 4 is 34.5 Å². The standard InChI is InChI=1S/C26H17FN2S/c27-19-14-12-18(13-15-19)21-17-20-7-5-6-16-28(20)26(21)29-22-8-1-3-10-24(22)30-25-11-4-2-9-23(25)29/h1-17H. The number of nitrogens with zero attached hydrogens (tertiary/aromatic N) is 2. The summed E-state index contributed by atoms with van der Waals surface area (Å²) in [4.78, 5) is 4.76. The zero-order valence-electron chi connectivity index (χ0n) is 16.0. The first-order valence-corrected chi connectivity index (χ1v) is 10.6. The van der Waals surface area contributed by atoms with Crippen molar-refractivity contribution in [3.8, 4) is 11.1 Å². The zero-order chi connectivity index (χ0) is 20.1. The number of para-hydroxylation sites is 2. The zero-order valence-corrected chi connectivity index (χ0v) is 16.8. The highest BCUT2D eigenvalue weighted by Crippen LogP contribution is 2.53. The first-order valence-electron chi connectivity index (χ1n) is 9.82. The number of rotatable bonds is 2. The molecule has 30 heavy (non-hydrogen) atoms. The molecule has 0 atom stereocenters. The lowest BCUT2D eigenvalue weighted by molar-refractivity contribution is 0.628. The van der Waals surface area contributed by atoms with Gasteiger partial charge in [-0.1, -0.05) is 54.2 Å². The molecule has 0 aliphatic carbocycles. The van der Waals surface area contributed by atoms with Crippen LogP contribution >= 0.6 is 11.8 Å². The van der Waals surface area contributed by atoms with Crippen LogP contribution in [-0.2, 0) is 0 Å². The van der Waals surface area contributed by atoms with E-state index in [0.717, 1.165) is 33.8 Å². The lowest BCUT2D eigenvalue weighted by Crippen LogP contribution is -2.17. The maximum Gasteiger partial charge on any atom is 0.130 e. The summed E-state index contributed by atoms with van der Waals surface area (Å²) in [7, 11) is 0. The van der Waals surface area contributed by atoms with E-state index in [2.05, 4.69) is 76.2 Å². The van der Waals surface area contributed by atoms with Crippen LogP contribution in [0.5, 0.6) is 0 Å². The predicted octanol–water partition coefficient (Wildman–Crippen LogP) is 7.68. The van der Waals surface area contributed by atoms with Crippen molar-refractivity contribution in [3.63, 3.8) is 0 Å². The van der Waals surface area contributed by atoms with Crippen molar-refractivity contribution in [2.24, 2.45) is 0 Å². The second kappa shape index (κ2) is 6.78. The van der Waals surface area contributed by atoms with Crippen molar-refractivity contribution in [1.29, 1.82) is 0 Å². The molecule has 144 valence electrons. The summed E-state index contributed by atoms with van der Waals surface area (Å²) in [6.07, 6.45) is 2.09. The predicted molar refractivity (Wildman–Crippen MR) is 122 cm³/mol. The fourth-order valence-corrected chi connectivity index (χ4v) is 5.17. The van der Waals surface area contributed by atoms with Gasteiger partial charge >= 0.3 is 0 Å². The normalized spacial score (nSPS) is 12.6. The Hall–Kier alpha value is -3.50. The second-order valence-electron chi connectivity index (χ2n) is 7.26. The molecule has 5 aromatic rings. The van der Waals surface area contributed by atoms with Crippen LogP contribution in [-0.4, -0.2) is 4.40 Å². The van der Waals surface area contributed by atoms with Crippen LogP contribution in [0.25, 0.3) is 16.6 Å². The van der Waals surface area contributed by atoms with Gasteiger partial charge in [-0.3, -0.25) is 4.90 Å². The Balaban J connectivity index is 1.70. The number of hydrogen-bond donors (Lipinski definition) is 0. The van der Waals surface area contributed by atoms with Crippen LogP contribution in [0.4, 0.5) is 21.6 Å². The molecular formula is C26H17FN2S. The van der Waals surface area contributed by atoms with Gasteiger partial charge in [-0.15, -0.1) is 0 Å². The average Bonchev–Trinajstić information content (AvgIpc) is 3.17. The van der Waals surface area contributed by atoms with Crippen molar-refractivity contribution < 1.29 is 4.39 Å². The molecule has 2 nitrogen and oxygen atoms in total. The molecule has 3 aromatic carbocycles. The summed E-state index contributed by atoms with van der Waals surface area (Å²) >= 11 is 1.79. The van der Waals surface area contributed by atoms with Crippen molar-refractivity contribution in [3.05, 3.63) is 109 Å². The third kappa shape index (κ3) is 2.65. The van der Waals surface area contributed by atoms with Crippen molar-refractivity contribution in [2.45, 2.75) is 9.79 Å². The molecule has 0 fully saturated rings. The molecular weight excluding hydrogens is 391 g/mol. The van der Waals surface area contributed by atoms with Gasteiger partial charge in [0, 0.05) is 27.1 Å². The molecule has 3 heterocycles. The van der Waals surface area contributed by atoms with Crippen molar-refractivity contribution in [1.82, 2.24) is 4.40 Å². The number of fused-ring (bicyclic) bond motifs is 3. The lowest BCUT2D eigenvalue weighted by atomic mass is 10.1. The first-order chi connectivity index (χ1) is 14.8. The van der Waals surface area contributed by atoms with Gasteiger partial charge in [0.05, 0.1) is 11.4 Å². The van der Waals surface area contributed by atoms with Gasteiger partial charge in [0.25, 0.3) is 0 Å². The van der Waals surface area contributed by atoms with E-state index in [1.165, 1.54) is 21.9 Å². The fourth-order valence-electron chi connectivity index (χ4n) is 4.11. The van der Waals surface area contributed by atoms with Crippen LogP contribution in [0.3, 0.4) is 0 Å². The Morgan fingerprint density at radius 1 is 0.667 bits per heavy atom. The van der Waals surface area contributed by atoms with Crippen molar-refractivity contribution in [2.75, 3.05) is 4.90 Å². The molecule has 0 N–H and O–H groups in total. The van der Waals surface area contributed by atoms with Crippen LogP contribution in [0, 0.1) is 5.82 Å². The van der Waals surface area contributed by atoms with Crippen LogP contribution in [0.2, 0.25) is 0 Å². The molecule has 6 rings (SSSR count). The molecule has 0 saturated heterocycles. The summed E-state index contributed by atoms with van der Waals surface area (Å²) in [6, 6.07) is 32.1. The van der Waals surface area contributed by atoms with E-state index in [4.69, 9.17) is 0 Å². The molecule has 1 aliphatic heterocycles. The van der Waals surface area contributed by atoms with Gasteiger partial charge < -0.3 is 4.40 Å². The van der Waals surface area contributed by atoms with Gasteiger partial charge in [-0.05, 0) is 60.2 Å². The number of hydrogen-bond acceptors (Lipinski definition) is 2. The summed E-state index contributed by atoms with van der Waals surface area (Å²) in [5.74, 6) is 0.825. The fraction of sp³-hybridized carbons (Fsp3) is 0. The summed E-state index contributed by atoms with van der Waals surface area (Å²) in [5.41, 5.74) is 5.45. The molecule has 0 unspecified atom stereocenters. The summed E-state index contributed by atoms with van der Waals surface area (Å²) < 4.78 is 15.8. The largest absolute Gasteiger partial charge is 0.302 e. The maximum absolute atomic E-state index is 13.6. The Kier molecular flexibility index (Phi) is 3.93. The molecule has 0 radical (unpaired) electrons. The minimum atomic E-state index is -0.228. The van der Waals surface area contributed by atoms with E-state index in [9.17, 15) is 4.39 Å². The SMILES string of the molecule is Fc1ccc(-c2cc3ccccn3c2N2c3ccccc3Sc3ccccc32)cc1. The molecule has 0 spiro atoms. The summed E-state index contributed by atoms with van der Waals surface area (Å²) in [6.45, 7) is 0. The van der Waals surface area contributed by atoms with Gasteiger partial charge in [0.15, 0.2) is 0 Å². The van der Waals surface area contributed by atoms with E-state index in [1.54, 1.807) is 11.8 Å². The third-order valence-electron chi connectivity index (χ3n) is 5.45. The first kappa shape index (κ1) is 17.4. The average molecular weight is 409 g/mol. The van der Waals surface area contributed by atoms with Gasteiger partial charge in [-0.2, -0.15) is 0 Å². The maximum atomic E-state index is 13.6. The smallest absolute Gasteiger partial charge is 0.130 e. The van der Waals surface area contributed by atoms with Gasteiger partial charge in [-0.25, -0.2) is 4.39 Å². The number of benzene rings is 3. The third-order valence-corrected chi connectivity index (χ3v) is 6.58. The minimum absolute atomic E-state index is 0.228. The van der Waals surface area contributed by atoms with Crippen LogP contribution in [0.1, 0.15) is 0 Å². The highest BCUT2D eigenvalue weighted by Gasteiger charge is 2.28. The number of halogens is 1. The van der Waals surface area contributed by atoms with E-state index >= 15 is 0 Å². The Bertz CT molecular complexity index is 1340. The topological polar surface area (TPSA) is 7.65 Å². The minimum Gasteiger partial charge on any atom is -0.302 e. The van der Waals surface area contributed by atoms with Crippen LogP contribution < -0.4 is 4.90 Å². The summed E-state index contributed by atoms with van der Waals surface area (Å²) in [5, 5.41) is 0. The Morgan fingerprint density at radius 2 is 1.30 bits per heavy atom. The number of pyridine rings is 1. The van der Waals surface area contributed by atoms with E-state index in [1.807, 2.05) is 24.3 Å². The van der Waals surface area contributed by atoms with E-state index in [-0.39, 0.29) is 5.82 Å².